The SMILES string of the molecule is CCCCCN1CCNC(=O)c2ccc(-n3c(=O)[nH]c4ncccc43)nc21. The number of fused-ring (bicyclic) bond motifs is 2. The number of carbonyl (C=O) groups excluding carboxylic acids is 1. The van der Waals surface area contributed by atoms with Gasteiger partial charge < -0.3 is 10.2 Å². The van der Waals surface area contributed by atoms with Gasteiger partial charge in [0, 0.05) is 25.8 Å². The number of unbranched alkanes of at least 4 members (excludes halogenated alkanes) is 2. The van der Waals surface area contributed by atoms with Crippen molar-refractivity contribution in [3.63, 3.8) is 0 Å². The second kappa shape index (κ2) is 7.22. The molecular formula is C19H22N6O2. The van der Waals surface area contributed by atoms with E-state index in [2.05, 4.69) is 27.1 Å². The number of pyridine rings is 2. The monoisotopic (exact) mass is 366 g/mol. The highest BCUT2D eigenvalue weighted by molar-refractivity contribution is 5.99. The number of hydrogen-bond acceptors (Lipinski definition) is 5. The number of aromatic nitrogens is 4. The summed E-state index contributed by atoms with van der Waals surface area (Å²) >= 11 is 0. The summed E-state index contributed by atoms with van der Waals surface area (Å²) < 4.78 is 1.50. The van der Waals surface area contributed by atoms with Crippen molar-refractivity contribution in [3.05, 3.63) is 46.5 Å². The first-order chi connectivity index (χ1) is 13.2. The molecule has 2 N–H and O–H groups in total. The van der Waals surface area contributed by atoms with Crippen LogP contribution in [0.1, 0.15) is 36.5 Å². The third-order valence-electron chi connectivity index (χ3n) is 4.79. The molecule has 1 amide bonds. The Morgan fingerprint density at radius 3 is 2.93 bits per heavy atom. The molecule has 0 radical (unpaired) electrons. The summed E-state index contributed by atoms with van der Waals surface area (Å²) in [6.07, 6.45) is 4.92. The average Bonchev–Trinajstić information content (AvgIpc) is 2.93. The molecule has 4 heterocycles. The highest BCUT2D eigenvalue weighted by atomic mass is 16.2. The zero-order chi connectivity index (χ0) is 18.8. The van der Waals surface area contributed by atoms with Crippen LogP contribution in [-0.4, -0.2) is 45.1 Å². The number of anilines is 1. The van der Waals surface area contributed by atoms with Crippen molar-refractivity contribution in [1.29, 1.82) is 0 Å². The lowest BCUT2D eigenvalue weighted by atomic mass is 10.2. The molecule has 3 aromatic rings. The minimum absolute atomic E-state index is 0.130. The third kappa shape index (κ3) is 3.18. The molecule has 4 rings (SSSR count). The van der Waals surface area contributed by atoms with Crippen LogP contribution in [0.25, 0.3) is 17.0 Å². The minimum Gasteiger partial charge on any atom is -0.354 e. The highest BCUT2D eigenvalue weighted by Gasteiger charge is 2.23. The molecule has 8 nitrogen and oxygen atoms in total. The van der Waals surface area contributed by atoms with Gasteiger partial charge in [-0.1, -0.05) is 19.8 Å². The Labute approximate surface area is 156 Å². The molecule has 1 aliphatic heterocycles. The number of nitrogens with zero attached hydrogens (tertiary/aromatic N) is 4. The second-order valence-corrected chi connectivity index (χ2v) is 6.63. The van der Waals surface area contributed by atoms with Crippen LogP contribution in [0, 0.1) is 0 Å². The molecule has 8 heteroatoms. The average molecular weight is 366 g/mol. The Morgan fingerprint density at radius 1 is 1.19 bits per heavy atom. The standard InChI is InChI=1S/C19H22N6O2/c1-2-3-4-11-24-12-10-21-18(26)13-7-8-15(22-17(13)24)25-14-6-5-9-20-16(14)23-19(25)27/h5-9H,2-4,10-12H2,1H3,(H,21,26)(H,20,23,27). The number of aromatic amines is 1. The van der Waals surface area contributed by atoms with Crippen molar-refractivity contribution >= 4 is 22.9 Å². The van der Waals surface area contributed by atoms with E-state index in [1.165, 1.54) is 4.57 Å². The van der Waals surface area contributed by atoms with Gasteiger partial charge in [-0.2, -0.15) is 0 Å². The number of nitrogens with one attached hydrogen (secondary N) is 2. The van der Waals surface area contributed by atoms with Gasteiger partial charge in [0.1, 0.15) is 11.6 Å². The van der Waals surface area contributed by atoms with E-state index in [0.29, 0.717) is 41.5 Å². The molecule has 0 unspecified atom stereocenters. The summed E-state index contributed by atoms with van der Waals surface area (Å²) in [6.45, 7) is 4.27. The van der Waals surface area contributed by atoms with Crippen LogP contribution in [0.5, 0.6) is 0 Å². The van der Waals surface area contributed by atoms with E-state index in [4.69, 9.17) is 4.98 Å². The maximum Gasteiger partial charge on any atom is 0.333 e. The number of amides is 1. The zero-order valence-corrected chi connectivity index (χ0v) is 15.2. The predicted octanol–water partition coefficient (Wildman–Crippen LogP) is 1.85. The Bertz CT molecular complexity index is 1040. The highest BCUT2D eigenvalue weighted by Crippen LogP contribution is 2.23. The van der Waals surface area contributed by atoms with E-state index in [1.54, 1.807) is 24.4 Å². The molecule has 3 aromatic heterocycles. The molecule has 140 valence electrons. The first-order valence-corrected chi connectivity index (χ1v) is 9.29. The van der Waals surface area contributed by atoms with E-state index >= 15 is 0 Å². The van der Waals surface area contributed by atoms with Crippen LogP contribution in [0.2, 0.25) is 0 Å². The smallest absolute Gasteiger partial charge is 0.333 e. The predicted molar refractivity (Wildman–Crippen MR) is 104 cm³/mol. The second-order valence-electron chi connectivity index (χ2n) is 6.63. The first kappa shape index (κ1) is 17.3. The van der Waals surface area contributed by atoms with Gasteiger partial charge in [-0.15, -0.1) is 0 Å². The fraction of sp³-hybridized carbons (Fsp3) is 0.368. The normalized spacial score (nSPS) is 14.1. The van der Waals surface area contributed by atoms with Crippen molar-refractivity contribution in [2.75, 3.05) is 24.5 Å². The molecular weight excluding hydrogens is 344 g/mol. The van der Waals surface area contributed by atoms with Gasteiger partial charge in [0.25, 0.3) is 5.91 Å². The van der Waals surface area contributed by atoms with Crippen molar-refractivity contribution < 1.29 is 4.79 Å². The Kier molecular flexibility index (Phi) is 4.62. The summed E-state index contributed by atoms with van der Waals surface area (Å²) in [6, 6.07) is 7.04. The quantitative estimate of drug-likeness (QED) is 0.672. The maximum atomic E-state index is 12.5. The van der Waals surface area contributed by atoms with Crippen LogP contribution < -0.4 is 15.9 Å². The van der Waals surface area contributed by atoms with Gasteiger partial charge in [0.15, 0.2) is 5.65 Å². The molecule has 0 aliphatic carbocycles. The summed E-state index contributed by atoms with van der Waals surface area (Å²) in [5.74, 6) is 0.979. The van der Waals surface area contributed by atoms with E-state index < -0.39 is 0 Å². The van der Waals surface area contributed by atoms with E-state index in [0.717, 1.165) is 25.8 Å². The number of H-pyrrole nitrogens is 1. The fourth-order valence-electron chi connectivity index (χ4n) is 3.42. The van der Waals surface area contributed by atoms with Crippen LogP contribution >= 0.6 is 0 Å². The van der Waals surface area contributed by atoms with E-state index in [9.17, 15) is 9.59 Å². The van der Waals surface area contributed by atoms with Crippen molar-refractivity contribution in [2.45, 2.75) is 26.2 Å². The molecule has 27 heavy (non-hydrogen) atoms. The Balaban J connectivity index is 1.81. The lowest BCUT2D eigenvalue weighted by Crippen LogP contribution is -2.31. The third-order valence-corrected chi connectivity index (χ3v) is 4.79. The van der Waals surface area contributed by atoms with Crippen molar-refractivity contribution in [3.8, 4) is 5.82 Å². The molecule has 0 aromatic carbocycles. The molecule has 0 spiro atoms. The molecule has 0 bridgehead atoms. The Morgan fingerprint density at radius 2 is 2.07 bits per heavy atom. The van der Waals surface area contributed by atoms with E-state index in [-0.39, 0.29) is 11.6 Å². The lowest BCUT2D eigenvalue weighted by Gasteiger charge is -2.23. The number of hydrogen-bond donors (Lipinski definition) is 2. The summed E-state index contributed by atoms with van der Waals surface area (Å²) in [4.78, 5) is 38.6. The minimum atomic E-state index is -0.299. The fourth-order valence-corrected chi connectivity index (χ4v) is 3.42. The number of carbonyl (C=O) groups is 1. The largest absolute Gasteiger partial charge is 0.354 e. The summed E-state index contributed by atoms with van der Waals surface area (Å²) in [5, 5.41) is 2.91. The van der Waals surface area contributed by atoms with Gasteiger partial charge in [-0.25, -0.2) is 19.3 Å². The zero-order valence-electron chi connectivity index (χ0n) is 15.2. The summed E-state index contributed by atoms with van der Waals surface area (Å²) in [5.41, 5.74) is 1.41. The van der Waals surface area contributed by atoms with Crippen LogP contribution in [-0.2, 0) is 0 Å². The van der Waals surface area contributed by atoms with Gasteiger partial charge >= 0.3 is 5.69 Å². The van der Waals surface area contributed by atoms with Crippen molar-refractivity contribution in [1.82, 2.24) is 24.8 Å². The van der Waals surface area contributed by atoms with Gasteiger partial charge in [-0.3, -0.25) is 9.78 Å². The molecule has 0 fully saturated rings. The first-order valence-electron chi connectivity index (χ1n) is 9.29. The van der Waals surface area contributed by atoms with Gasteiger partial charge in [0.05, 0.1) is 11.1 Å². The van der Waals surface area contributed by atoms with E-state index in [1.807, 2.05) is 6.07 Å². The van der Waals surface area contributed by atoms with Crippen LogP contribution in [0.4, 0.5) is 5.82 Å². The maximum absolute atomic E-state index is 12.5. The Hall–Kier alpha value is -3.16. The van der Waals surface area contributed by atoms with Crippen molar-refractivity contribution in [2.24, 2.45) is 0 Å². The molecule has 1 aliphatic rings. The van der Waals surface area contributed by atoms with Gasteiger partial charge in [-0.05, 0) is 30.7 Å². The van der Waals surface area contributed by atoms with Gasteiger partial charge in [0.2, 0.25) is 0 Å². The topological polar surface area (TPSA) is 95.9 Å². The number of rotatable bonds is 5. The molecule has 0 saturated heterocycles. The lowest BCUT2D eigenvalue weighted by molar-refractivity contribution is 0.0958. The molecule has 0 saturated carbocycles. The number of imidazole rings is 1. The van der Waals surface area contributed by atoms with Crippen LogP contribution in [0.3, 0.4) is 0 Å². The van der Waals surface area contributed by atoms with Crippen LogP contribution in [0.15, 0.2) is 35.3 Å². The summed E-state index contributed by atoms with van der Waals surface area (Å²) in [7, 11) is 0. The molecule has 0 atom stereocenters.